The molecule has 106 valence electrons. The molecule has 0 bridgehead atoms. The van der Waals surface area contributed by atoms with Crippen molar-refractivity contribution in [3.05, 3.63) is 18.2 Å². The van der Waals surface area contributed by atoms with Crippen LogP contribution in [-0.2, 0) is 11.3 Å². The van der Waals surface area contributed by atoms with Crippen molar-refractivity contribution in [1.29, 1.82) is 0 Å². The van der Waals surface area contributed by atoms with Crippen LogP contribution >= 0.6 is 0 Å². The number of ether oxygens (including phenoxy) is 1. The van der Waals surface area contributed by atoms with Gasteiger partial charge in [0.1, 0.15) is 0 Å². The normalized spacial score (nSPS) is 32.8. The Kier molecular flexibility index (Phi) is 3.89. The van der Waals surface area contributed by atoms with Crippen LogP contribution in [0.3, 0.4) is 0 Å². The molecular formula is C15H25N3O. The minimum Gasteiger partial charge on any atom is -0.381 e. The second-order valence-electron chi connectivity index (χ2n) is 6.40. The number of aromatic nitrogens is 2. The predicted octanol–water partition coefficient (Wildman–Crippen LogP) is 2.36. The number of imidazole rings is 1. The van der Waals surface area contributed by atoms with Gasteiger partial charge in [-0.1, -0.05) is 13.3 Å². The first-order valence-electron chi connectivity index (χ1n) is 7.57. The fourth-order valence-electron chi connectivity index (χ4n) is 3.61. The fourth-order valence-corrected chi connectivity index (χ4v) is 3.61. The van der Waals surface area contributed by atoms with Crippen molar-refractivity contribution in [1.82, 2.24) is 9.55 Å². The minimum atomic E-state index is 0.0730. The van der Waals surface area contributed by atoms with Gasteiger partial charge in [-0.25, -0.2) is 4.98 Å². The van der Waals surface area contributed by atoms with Crippen LogP contribution in [0.2, 0.25) is 0 Å². The van der Waals surface area contributed by atoms with Crippen LogP contribution in [0.5, 0.6) is 0 Å². The second kappa shape index (κ2) is 5.63. The molecule has 4 nitrogen and oxygen atoms in total. The zero-order valence-electron chi connectivity index (χ0n) is 11.8. The van der Waals surface area contributed by atoms with Crippen molar-refractivity contribution in [2.45, 2.75) is 45.2 Å². The van der Waals surface area contributed by atoms with E-state index in [1.165, 1.54) is 25.0 Å². The summed E-state index contributed by atoms with van der Waals surface area (Å²) in [6, 6.07) is 0.0730. The van der Waals surface area contributed by atoms with Gasteiger partial charge in [-0.2, -0.15) is 0 Å². The molecule has 0 spiro atoms. The highest BCUT2D eigenvalue weighted by atomic mass is 16.5. The van der Waals surface area contributed by atoms with Crippen LogP contribution in [0.4, 0.5) is 0 Å². The Bertz CT molecular complexity index is 411. The van der Waals surface area contributed by atoms with Crippen molar-refractivity contribution in [2.24, 2.45) is 23.5 Å². The topological polar surface area (TPSA) is 53.1 Å². The molecule has 2 aliphatic rings. The van der Waals surface area contributed by atoms with Crippen LogP contribution in [0.25, 0.3) is 0 Å². The Morgan fingerprint density at radius 2 is 2.37 bits per heavy atom. The van der Waals surface area contributed by atoms with Gasteiger partial charge >= 0.3 is 0 Å². The van der Waals surface area contributed by atoms with Gasteiger partial charge < -0.3 is 15.0 Å². The third kappa shape index (κ3) is 2.84. The maximum Gasteiger partial charge on any atom is 0.0948 e. The summed E-state index contributed by atoms with van der Waals surface area (Å²) in [5, 5.41) is 0. The number of nitrogens with two attached hydrogens (primary N) is 1. The molecule has 2 N–H and O–H groups in total. The molecule has 4 atom stereocenters. The Hall–Kier alpha value is -0.870. The van der Waals surface area contributed by atoms with Gasteiger partial charge in [-0.05, 0) is 31.1 Å². The van der Waals surface area contributed by atoms with Crippen molar-refractivity contribution in [2.75, 3.05) is 13.2 Å². The summed E-state index contributed by atoms with van der Waals surface area (Å²) in [7, 11) is 0. The Morgan fingerprint density at radius 3 is 3.05 bits per heavy atom. The van der Waals surface area contributed by atoms with Crippen LogP contribution in [0.15, 0.2) is 12.5 Å². The highest BCUT2D eigenvalue weighted by Crippen LogP contribution is 2.33. The van der Waals surface area contributed by atoms with Crippen LogP contribution < -0.4 is 5.73 Å². The lowest BCUT2D eigenvalue weighted by molar-refractivity contribution is 0.180. The summed E-state index contributed by atoms with van der Waals surface area (Å²) in [5.41, 5.74) is 7.60. The van der Waals surface area contributed by atoms with Crippen LogP contribution in [0.1, 0.15) is 44.3 Å². The van der Waals surface area contributed by atoms with Gasteiger partial charge in [0.2, 0.25) is 0 Å². The maximum absolute atomic E-state index is 6.41. The lowest BCUT2D eigenvalue weighted by atomic mass is 9.97. The fraction of sp³-hybridized carbons (Fsp3) is 0.800. The molecule has 0 amide bonds. The number of nitrogens with zero attached hydrogens (tertiary/aromatic N) is 2. The summed E-state index contributed by atoms with van der Waals surface area (Å²) in [5.74, 6) is 2.14. The molecule has 19 heavy (non-hydrogen) atoms. The Balaban J connectivity index is 1.67. The lowest BCUT2D eigenvalue weighted by Crippen LogP contribution is -2.25. The molecule has 1 saturated carbocycles. The first kappa shape index (κ1) is 13.1. The predicted molar refractivity (Wildman–Crippen MR) is 74.6 cm³/mol. The van der Waals surface area contributed by atoms with E-state index in [1.807, 2.05) is 12.5 Å². The zero-order valence-corrected chi connectivity index (χ0v) is 11.8. The molecule has 1 aliphatic carbocycles. The molecule has 0 aromatic carbocycles. The van der Waals surface area contributed by atoms with E-state index in [-0.39, 0.29) is 6.04 Å². The Labute approximate surface area is 115 Å². The van der Waals surface area contributed by atoms with Crippen LogP contribution in [0, 0.1) is 17.8 Å². The molecule has 4 unspecified atom stereocenters. The van der Waals surface area contributed by atoms with Gasteiger partial charge in [0.05, 0.1) is 24.7 Å². The van der Waals surface area contributed by atoms with E-state index in [2.05, 4.69) is 16.5 Å². The van der Waals surface area contributed by atoms with Gasteiger partial charge in [0, 0.05) is 25.3 Å². The average molecular weight is 263 g/mol. The number of hydrogen-bond acceptors (Lipinski definition) is 3. The molecule has 4 heteroatoms. The molecule has 1 saturated heterocycles. The monoisotopic (exact) mass is 263 g/mol. The first-order chi connectivity index (χ1) is 9.24. The third-order valence-corrected chi connectivity index (χ3v) is 4.82. The van der Waals surface area contributed by atoms with Gasteiger partial charge in [0.15, 0.2) is 0 Å². The molecule has 2 fully saturated rings. The number of rotatable bonds is 4. The van der Waals surface area contributed by atoms with E-state index in [1.54, 1.807) is 0 Å². The molecule has 1 aromatic rings. The number of hydrogen-bond donors (Lipinski definition) is 1. The van der Waals surface area contributed by atoms with Gasteiger partial charge in [0.25, 0.3) is 0 Å². The van der Waals surface area contributed by atoms with E-state index in [4.69, 9.17) is 10.5 Å². The van der Waals surface area contributed by atoms with Crippen LogP contribution in [-0.4, -0.2) is 22.8 Å². The smallest absolute Gasteiger partial charge is 0.0948 e. The van der Waals surface area contributed by atoms with E-state index < -0.39 is 0 Å². The molecule has 1 aliphatic heterocycles. The van der Waals surface area contributed by atoms with Crippen molar-refractivity contribution in [3.63, 3.8) is 0 Å². The molecular weight excluding hydrogens is 238 g/mol. The van der Waals surface area contributed by atoms with Gasteiger partial charge in [-0.3, -0.25) is 0 Å². The summed E-state index contributed by atoms with van der Waals surface area (Å²) >= 11 is 0. The molecule has 2 heterocycles. The highest BCUT2D eigenvalue weighted by Gasteiger charge is 2.28. The second-order valence-corrected chi connectivity index (χ2v) is 6.40. The Morgan fingerprint density at radius 1 is 1.47 bits per heavy atom. The first-order valence-corrected chi connectivity index (χ1v) is 7.57. The molecule has 3 rings (SSSR count). The lowest BCUT2D eigenvalue weighted by Gasteiger charge is -2.21. The zero-order chi connectivity index (χ0) is 13.2. The summed E-state index contributed by atoms with van der Waals surface area (Å²) < 4.78 is 7.74. The largest absolute Gasteiger partial charge is 0.381 e. The summed E-state index contributed by atoms with van der Waals surface area (Å²) in [4.78, 5) is 4.32. The maximum atomic E-state index is 6.41. The quantitative estimate of drug-likeness (QED) is 0.907. The standard InChI is InChI=1S/C15H25N3O/c1-11-2-3-12(6-11)8-18-10-17-7-14(18)15(16)13-4-5-19-9-13/h7,10-13,15H,2-6,8-9,16H2,1H3. The van der Waals surface area contributed by atoms with Gasteiger partial charge in [-0.15, -0.1) is 0 Å². The van der Waals surface area contributed by atoms with E-state index >= 15 is 0 Å². The molecule has 1 aromatic heterocycles. The molecule has 0 radical (unpaired) electrons. The van der Waals surface area contributed by atoms with E-state index in [0.29, 0.717) is 5.92 Å². The van der Waals surface area contributed by atoms with Crippen molar-refractivity contribution >= 4 is 0 Å². The van der Waals surface area contributed by atoms with Crippen molar-refractivity contribution < 1.29 is 4.74 Å². The SMILES string of the molecule is CC1CCC(Cn2cncc2C(N)C2CCOC2)C1. The van der Waals surface area contributed by atoms with E-state index in [9.17, 15) is 0 Å². The summed E-state index contributed by atoms with van der Waals surface area (Å²) in [6.07, 6.45) is 9.04. The minimum absolute atomic E-state index is 0.0730. The average Bonchev–Trinajstić information content (AvgIpc) is 3.10. The summed E-state index contributed by atoms with van der Waals surface area (Å²) in [6.45, 7) is 5.09. The van der Waals surface area contributed by atoms with Crippen molar-refractivity contribution in [3.8, 4) is 0 Å². The third-order valence-electron chi connectivity index (χ3n) is 4.82. The van der Waals surface area contributed by atoms with E-state index in [0.717, 1.165) is 38.0 Å². The highest BCUT2D eigenvalue weighted by molar-refractivity contribution is 5.07.